The maximum Gasteiger partial charge on any atom is 0.260 e. The maximum absolute atomic E-state index is 13.3. The van der Waals surface area contributed by atoms with Crippen LogP contribution in [0, 0.1) is 5.92 Å². The molecule has 2 aliphatic rings. The molecule has 100 valence electrons. The lowest BCUT2D eigenvalue weighted by Crippen LogP contribution is -2.46. The fourth-order valence-corrected chi connectivity index (χ4v) is 3.05. The second kappa shape index (κ2) is 5.61. The van der Waals surface area contributed by atoms with E-state index in [1.807, 2.05) is 4.90 Å². The molecule has 0 aliphatic carbocycles. The van der Waals surface area contributed by atoms with E-state index in [4.69, 9.17) is 0 Å². The van der Waals surface area contributed by atoms with Gasteiger partial charge in [-0.15, -0.1) is 0 Å². The third-order valence-corrected chi connectivity index (χ3v) is 4.14. The van der Waals surface area contributed by atoms with Gasteiger partial charge in [-0.3, -0.25) is 4.90 Å². The molecule has 0 aromatic rings. The molecule has 2 nitrogen and oxygen atoms in total. The molecule has 0 bridgehead atoms. The van der Waals surface area contributed by atoms with Crippen molar-refractivity contribution in [1.29, 1.82) is 0 Å². The molecule has 17 heavy (non-hydrogen) atoms. The van der Waals surface area contributed by atoms with Crippen molar-refractivity contribution in [3.05, 3.63) is 0 Å². The molecule has 2 saturated heterocycles. The van der Waals surface area contributed by atoms with Crippen LogP contribution in [0.3, 0.4) is 0 Å². The van der Waals surface area contributed by atoms with Crippen LogP contribution < -0.4 is 0 Å². The zero-order valence-electron chi connectivity index (χ0n) is 10.8. The van der Waals surface area contributed by atoms with E-state index in [9.17, 15) is 8.78 Å². The standard InChI is InChI=1S/C13H24F2N2/c1-2-16-8-4-12(5-9-16)10-17-7-3-6-13(14,15)11-17/h12H,2-11H2,1H3. The maximum atomic E-state index is 13.3. The van der Waals surface area contributed by atoms with Gasteiger partial charge in [-0.2, -0.15) is 0 Å². The molecular weight excluding hydrogens is 222 g/mol. The average molecular weight is 246 g/mol. The lowest BCUT2D eigenvalue weighted by atomic mass is 9.95. The number of likely N-dealkylation sites (tertiary alicyclic amines) is 2. The van der Waals surface area contributed by atoms with Crippen molar-refractivity contribution in [2.75, 3.05) is 39.3 Å². The van der Waals surface area contributed by atoms with E-state index in [1.54, 1.807) is 0 Å². The van der Waals surface area contributed by atoms with Crippen LogP contribution in [0.25, 0.3) is 0 Å². The Morgan fingerprint density at radius 3 is 2.41 bits per heavy atom. The van der Waals surface area contributed by atoms with Gasteiger partial charge in [-0.1, -0.05) is 6.92 Å². The van der Waals surface area contributed by atoms with Crippen molar-refractivity contribution >= 4 is 0 Å². The van der Waals surface area contributed by atoms with Gasteiger partial charge in [0.2, 0.25) is 0 Å². The van der Waals surface area contributed by atoms with Crippen LogP contribution in [0.5, 0.6) is 0 Å². The second-order valence-corrected chi connectivity index (χ2v) is 5.57. The molecule has 0 spiro atoms. The number of rotatable bonds is 3. The lowest BCUT2D eigenvalue weighted by Gasteiger charge is -2.37. The minimum atomic E-state index is -2.44. The van der Waals surface area contributed by atoms with Gasteiger partial charge in [0, 0.05) is 13.0 Å². The number of hydrogen-bond donors (Lipinski definition) is 0. The van der Waals surface area contributed by atoms with E-state index in [0.29, 0.717) is 12.3 Å². The molecule has 2 heterocycles. The fraction of sp³-hybridized carbons (Fsp3) is 1.00. The number of alkyl halides is 2. The predicted octanol–water partition coefficient (Wildman–Crippen LogP) is 2.45. The van der Waals surface area contributed by atoms with Crippen molar-refractivity contribution in [3.63, 3.8) is 0 Å². The zero-order chi connectivity index (χ0) is 12.3. The zero-order valence-corrected chi connectivity index (χ0v) is 10.8. The number of nitrogens with zero attached hydrogens (tertiary/aromatic N) is 2. The van der Waals surface area contributed by atoms with Crippen LogP contribution in [-0.4, -0.2) is 55.0 Å². The van der Waals surface area contributed by atoms with Crippen molar-refractivity contribution in [2.45, 2.75) is 38.5 Å². The molecule has 0 saturated carbocycles. The van der Waals surface area contributed by atoms with Crippen LogP contribution in [0.2, 0.25) is 0 Å². The molecule has 2 fully saturated rings. The Labute approximate surface area is 103 Å². The Balaban J connectivity index is 1.74. The summed E-state index contributed by atoms with van der Waals surface area (Å²) in [6.07, 6.45) is 3.09. The van der Waals surface area contributed by atoms with Gasteiger partial charge in [0.05, 0.1) is 6.54 Å². The minimum Gasteiger partial charge on any atom is -0.304 e. The quantitative estimate of drug-likeness (QED) is 0.754. The molecular formula is C13H24F2N2. The molecule has 0 N–H and O–H groups in total. The Kier molecular flexibility index (Phi) is 4.36. The Morgan fingerprint density at radius 2 is 1.82 bits per heavy atom. The molecule has 0 amide bonds. The van der Waals surface area contributed by atoms with E-state index in [-0.39, 0.29) is 13.0 Å². The lowest BCUT2D eigenvalue weighted by molar-refractivity contribution is -0.0685. The molecule has 2 rings (SSSR count). The topological polar surface area (TPSA) is 6.48 Å². The van der Waals surface area contributed by atoms with Crippen LogP contribution in [-0.2, 0) is 0 Å². The Hall–Kier alpha value is -0.220. The van der Waals surface area contributed by atoms with Gasteiger partial charge in [-0.25, -0.2) is 8.78 Å². The molecule has 0 aromatic carbocycles. The summed E-state index contributed by atoms with van der Waals surface area (Å²) in [5.74, 6) is -1.81. The molecule has 0 aromatic heterocycles. The highest BCUT2D eigenvalue weighted by atomic mass is 19.3. The monoisotopic (exact) mass is 246 g/mol. The molecule has 2 aliphatic heterocycles. The van der Waals surface area contributed by atoms with E-state index in [0.717, 1.165) is 32.7 Å². The minimum absolute atomic E-state index is 0.0129. The molecule has 4 heteroatoms. The summed E-state index contributed by atoms with van der Waals surface area (Å²) >= 11 is 0. The fourth-order valence-electron chi connectivity index (χ4n) is 3.05. The second-order valence-electron chi connectivity index (χ2n) is 5.57. The van der Waals surface area contributed by atoms with E-state index < -0.39 is 5.92 Å². The largest absolute Gasteiger partial charge is 0.304 e. The van der Waals surface area contributed by atoms with Gasteiger partial charge in [0.25, 0.3) is 5.92 Å². The number of halogens is 2. The predicted molar refractivity (Wildman–Crippen MR) is 65.5 cm³/mol. The summed E-state index contributed by atoms with van der Waals surface area (Å²) in [7, 11) is 0. The van der Waals surface area contributed by atoms with Crippen LogP contribution in [0.15, 0.2) is 0 Å². The first-order chi connectivity index (χ1) is 8.09. The first-order valence-corrected chi connectivity index (χ1v) is 6.91. The van der Waals surface area contributed by atoms with E-state index in [1.165, 1.54) is 12.8 Å². The van der Waals surface area contributed by atoms with Gasteiger partial charge in [-0.05, 0) is 51.4 Å². The summed E-state index contributed by atoms with van der Waals surface area (Å²) in [6, 6.07) is 0. The van der Waals surface area contributed by atoms with Gasteiger partial charge >= 0.3 is 0 Å². The summed E-state index contributed by atoms with van der Waals surface area (Å²) in [5.41, 5.74) is 0. The van der Waals surface area contributed by atoms with E-state index in [2.05, 4.69) is 11.8 Å². The molecule has 0 unspecified atom stereocenters. The highest BCUT2D eigenvalue weighted by Crippen LogP contribution is 2.28. The van der Waals surface area contributed by atoms with Gasteiger partial charge < -0.3 is 4.90 Å². The Bertz CT molecular complexity index is 238. The Morgan fingerprint density at radius 1 is 1.12 bits per heavy atom. The smallest absolute Gasteiger partial charge is 0.260 e. The highest BCUT2D eigenvalue weighted by Gasteiger charge is 2.35. The van der Waals surface area contributed by atoms with Gasteiger partial charge in [0.1, 0.15) is 0 Å². The molecule has 0 atom stereocenters. The van der Waals surface area contributed by atoms with Crippen molar-refractivity contribution in [2.24, 2.45) is 5.92 Å². The van der Waals surface area contributed by atoms with Gasteiger partial charge in [0.15, 0.2) is 0 Å². The highest BCUT2D eigenvalue weighted by molar-refractivity contribution is 4.81. The van der Waals surface area contributed by atoms with Crippen LogP contribution in [0.1, 0.15) is 32.6 Å². The summed E-state index contributed by atoms with van der Waals surface area (Å²) in [5, 5.41) is 0. The number of hydrogen-bond acceptors (Lipinski definition) is 2. The van der Waals surface area contributed by atoms with Crippen LogP contribution >= 0.6 is 0 Å². The molecule has 0 radical (unpaired) electrons. The normalized spacial score (nSPS) is 28.4. The summed E-state index contributed by atoms with van der Waals surface area (Å²) < 4.78 is 26.6. The van der Waals surface area contributed by atoms with E-state index >= 15 is 0 Å². The van der Waals surface area contributed by atoms with Crippen molar-refractivity contribution in [3.8, 4) is 0 Å². The first-order valence-electron chi connectivity index (χ1n) is 6.91. The third-order valence-electron chi connectivity index (χ3n) is 4.14. The SMILES string of the molecule is CCN1CCC(CN2CCCC(F)(F)C2)CC1. The van der Waals surface area contributed by atoms with Crippen molar-refractivity contribution in [1.82, 2.24) is 9.80 Å². The first kappa shape index (κ1) is 13.2. The third kappa shape index (κ3) is 3.88. The summed E-state index contributed by atoms with van der Waals surface area (Å²) in [4.78, 5) is 4.43. The van der Waals surface area contributed by atoms with Crippen molar-refractivity contribution < 1.29 is 8.78 Å². The van der Waals surface area contributed by atoms with Crippen LogP contribution in [0.4, 0.5) is 8.78 Å². The summed E-state index contributed by atoms with van der Waals surface area (Å²) in [6.45, 7) is 7.33. The average Bonchev–Trinajstić information content (AvgIpc) is 2.29. The number of piperidine rings is 2.